The topological polar surface area (TPSA) is 56.8 Å². The molecule has 0 bridgehead atoms. The van der Waals surface area contributed by atoms with Crippen LogP contribution in [-0.2, 0) is 6.61 Å². The first kappa shape index (κ1) is 13.9. The maximum Gasteiger partial charge on any atom is 0.138 e. The lowest BCUT2D eigenvalue weighted by Gasteiger charge is -2.09. The molecule has 2 aromatic rings. The van der Waals surface area contributed by atoms with Crippen molar-refractivity contribution in [2.24, 2.45) is 0 Å². The normalized spacial score (nSPS) is 9.60. The van der Waals surface area contributed by atoms with Crippen molar-refractivity contribution in [2.45, 2.75) is 6.61 Å². The van der Waals surface area contributed by atoms with E-state index in [1.165, 1.54) is 18.2 Å². The van der Waals surface area contributed by atoms with Crippen LogP contribution >= 0.6 is 11.6 Å². The van der Waals surface area contributed by atoms with Crippen molar-refractivity contribution in [1.82, 2.24) is 0 Å². The smallest absolute Gasteiger partial charge is 0.138 e. The highest BCUT2D eigenvalue weighted by Gasteiger charge is 2.07. The average molecular weight is 287 g/mol. The minimum atomic E-state index is -0.506. The summed E-state index contributed by atoms with van der Waals surface area (Å²) in [4.78, 5) is 0. The third-order valence-electron chi connectivity index (χ3n) is 2.63. The summed E-state index contributed by atoms with van der Waals surface area (Å²) >= 11 is 5.95. The fourth-order valence-electron chi connectivity index (χ4n) is 1.58. The minimum Gasteiger partial charge on any atom is -0.487 e. The molecule has 0 fully saturated rings. The third-order valence-corrected chi connectivity index (χ3v) is 2.92. The van der Waals surface area contributed by atoms with Gasteiger partial charge in [0.15, 0.2) is 0 Å². The van der Waals surface area contributed by atoms with E-state index in [0.717, 1.165) is 6.07 Å². The Hall–Kier alpha value is -2.56. The van der Waals surface area contributed by atoms with E-state index in [1.54, 1.807) is 12.1 Å². The van der Waals surface area contributed by atoms with E-state index < -0.39 is 5.82 Å². The van der Waals surface area contributed by atoms with E-state index in [1.807, 2.05) is 12.1 Å². The fraction of sp³-hybridized carbons (Fsp3) is 0.0667. The number of hydrogen-bond donors (Lipinski definition) is 0. The number of nitriles is 2. The minimum absolute atomic E-state index is 0.0108. The molecule has 0 aromatic heterocycles. The highest BCUT2D eigenvalue weighted by molar-refractivity contribution is 6.32. The molecule has 0 saturated carbocycles. The zero-order valence-electron chi connectivity index (χ0n) is 10.2. The molecule has 0 amide bonds. The number of nitrogens with zero attached hydrogens (tertiary/aromatic N) is 2. The molecule has 98 valence electrons. The van der Waals surface area contributed by atoms with Gasteiger partial charge in [-0.25, -0.2) is 4.39 Å². The number of hydrogen-bond acceptors (Lipinski definition) is 3. The van der Waals surface area contributed by atoms with Gasteiger partial charge < -0.3 is 4.74 Å². The maximum absolute atomic E-state index is 13.7. The van der Waals surface area contributed by atoms with Crippen LogP contribution in [0.15, 0.2) is 36.4 Å². The lowest BCUT2D eigenvalue weighted by atomic mass is 10.1. The van der Waals surface area contributed by atoms with Crippen LogP contribution in [-0.4, -0.2) is 0 Å². The Morgan fingerprint density at radius 1 is 1.05 bits per heavy atom. The summed E-state index contributed by atoms with van der Waals surface area (Å²) in [7, 11) is 0. The van der Waals surface area contributed by atoms with Gasteiger partial charge in [0.25, 0.3) is 0 Å². The van der Waals surface area contributed by atoms with Crippen LogP contribution in [0, 0.1) is 28.5 Å². The van der Waals surface area contributed by atoms with E-state index >= 15 is 0 Å². The Labute approximate surface area is 120 Å². The van der Waals surface area contributed by atoms with Gasteiger partial charge in [0.2, 0.25) is 0 Å². The van der Waals surface area contributed by atoms with Gasteiger partial charge in [-0.2, -0.15) is 10.5 Å². The lowest BCUT2D eigenvalue weighted by Crippen LogP contribution is -1.99. The Balaban J connectivity index is 2.13. The molecule has 0 heterocycles. The van der Waals surface area contributed by atoms with E-state index in [9.17, 15) is 4.39 Å². The molecule has 0 aliphatic heterocycles. The molecule has 2 rings (SSSR count). The molecule has 20 heavy (non-hydrogen) atoms. The quantitative estimate of drug-likeness (QED) is 0.862. The molecule has 0 aliphatic carbocycles. The first-order valence-electron chi connectivity index (χ1n) is 5.65. The molecule has 5 heteroatoms. The van der Waals surface area contributed by atoms with Crippen molar-refractivity contribution < 1.29 is 9.13 Å². The fourth-order valence-corrected chi connectivity index (χ4v) is 1.81. The second-order valence-electron chi connectivity index (χ2n) is 3.96. The van der Waals surface area contributed by atoms with Crippen LogP contribution in [0.5, 0.6) is 5.75 Å². The summed E-state index contributed by atoms with van der Waals surface area (Å²) in [5.74, 6) is -0.136. The summed E-state index contributed by atoms with van der Waals surface area (Å²) in [6.45, 7) is -0.0108. The Morgan fingerprint density at radius 3 is 2.30 bits per heavy atom. The van der Waals surface area contributed by atoms with Crippen molar-refractivity contribution in [3.05, 3.63) is 63.9 Å². The standard InChI is InChI=1S/C15H8ClFN2O/c16-13-5-10(7-18)2-4-15(13)20-9-12-3-1-11(8-19)6-14(12)17/h1-6H,9H2. The van der Waals surface area contributed by atoms with Gasteiger partial charge in [-0.3, -0.25) is 0 Å². The summed E-state index contributed by atoms with van der Waals surface area (Å²) in [6, 6.07) is 12.6. The highest BCUT2D eigenvalue weighted by Crippen LogP contribution is 2.26. The Kier molecular flexibility index (Phi) is 4.20. The predicted molar refractivity (Wildman–Crippen MR) is 71.6 cm³/mol. The second kappa shape index (κ2) is 6.06. The van der Waals surface area contributed by atoms with E-state index in [4.69, 9.17) is 26.9 Å². The zero-order valence-corrected chi connectivity index (χ0v) is 11.0. The average Bonchev–Trinajstić information content (AvgIpc) is 2.46. The van der Waals surface area contributed by atoms with Gasteiger partial charge in [0.1, 0.15) is 18.2 Å². The monoisotopic (exact) mass is 286 g/mol. The molecule has 0 atom stereocenters. The Morgan fingerprint density at radius 2 is 1.70 bits per heavy atom. The molecule has 0 spiro atoms. The van der Waals surface area contributed by atoms with Crippen LogP contribution in [0.25, 0.3) is 0 Å². The lowest BCUT2D eigenvalue weighted by molar-refractivity contribution is 0.300. The molecular weight excluding hydrogens is 279 g/mol. The largest absolute Gasteiger partial charge is 0.487 e. The van der Waals surface area contributed by atoms with Crippen LogP contribution in [0.4, 0.5) is 4.39 Å². The van der Waals surface area contributed by atoms with Crippen molar-refractivity contribution in [3.63, 3.8) is 0 Å². The van der Waals surface area contributed by atoms with Crippen LogP contribution in [0.3, 0.4) is 0 Å². The summed E-state index contributed by atoms with van der Waals surface area (Å²) in [5, 5.41) is 17.7. The Bertz CT molecular complexity index is 668. The highest BCUT2D eigenvalue weighted by atomic mass is 35.5. The van der Waals surface area contributed by atoms with Gasteiger partial charge in [0, 0.05) is 5.56 Å². The van der Waals surface area contributed by atoms with E-state index in [2.05, 4.69) is 0 Å². The maximum atomic E-state index is 13.7. The van der Waals surface area contributed by atoms with Gasteiger partial charge in [-0.1, -0.05) is 17.7 Å². The number of halogens is 2. The molecule has 0 N–H and O–H groups in total. The molecule has 0 aliphatic rings. The first-order valence-corrected chi connectivity index (χ1v) is 6.03. The number of rotatable bonds is 3. The van der Waals surface area contributed by atoms with Gasteiger partial charge in [-0.05, 0) is 30.3 Å². The number of ether oxygens (including phenoxy) is 1. The molecule has 0 saturated heterocycles. The molecule has 2 aromatic carbocycles. The molecule has 0 unspecified atom stereocenters. The van der Waals surface area contributed by atoms with Crippen molar-refractivity contribution >= 4 is 11.6 Å². The van der Waals surface area contributed by atoms with Crippen molar-refractivity contribution in [1.29, 1.82) is 10.5 Å². The van der Waals surface area contributed by atoms with Gasteiger partial charge in [0.05, 0.1) is 28.3 Å². The summed E-state index contributed by atoms with van der Waals surface area (Å²) < 4.78 is 19.1. The van der Waals surface area contributed by atoms with E-state index in [0.29, 0.717) is 16.9 Å². The van der Waals surface area contributed by atoms with Crippen molar-refractivity contribution in [3.8, 4) is 17.9 Å². The SMILES string of the molecule is N#Cc1ccc(COc2ccc(C#N)cc2Cl)c(F)c1. The molecule has 3 nitrogen and oxygen atoms in total. The van der Waals surface area contributed by atoms with Gasteiger partial charge in [-0.15, -0.1) is 0 Å². The number of benzene rings is 2. The zero-order chi connectivity index (χ0) is 14.5. The van der Waals surface area contributed by atoms with Crippen LogP contribution in [0.2, 0.25) is 5.02 Å². The third kappa shape index (κ3) is 3.06. The summed E-state index contributed by atoms with van der Waals surface area (Å²) in [5.41, 5.74) is 0.999. The molecular formula is C15H8ClFN2O. The predicted octanol–water partition coefficient (Wildman–Crippen LogP) is 3.80. The van der Waals surface area contributed by atoms with Gasteiger partial charge >= 0.3 is 0 Å². The van der Waals surface area contributed by atoms with Crippen LogP contribution in [0.1, 0.15) is 16.7 Å². The first-order chi connectivity index (χ1) is 9.63. The summed E-state index contributed by atoms with van der Waals surface area (Å²) in [6.07, 6.45) is 0. The van der Waals surface area contributed by atoms with Crippen molar-refractivity contribution in [2.75, 3.05) is 0 Å². The molecule has 0 radical (unpaired) electrons. The van der Waals surface area contributed by atoms with Crippen LogP contribution < -0.4 is 4.74 Å². The second-order valence-corrected chi connectivity index (χ2v) is 4.37. The van der Waals surface area contributed by atoms with E-state index in [-0.39, 0.29) is 17.2 Å².